The quantitative estimate of drug-likeness (QED) is 0.567. The number of rotatable bonds is 2. The highest BCUT2D eigenvalue weighted by Crippen LogP contribution is 2.23. The summed E-state index contributed by atoms with van der Waals surface area (Å²) in [5.41, 5.74) is 1.39. The summed E-state index contributed by atoms with van der Waals surface area (Å²) in [6, 6.07) is 14.6. The van der Waals surface area contributed by atoms with Gasteiger partial charge in [0.2, 0.25) is 0 Å². The highest BCUT2D eigenvalue weighted by molar-refractivity contribution is 7.80. The van der Waals surface area contributed by atoms with Crippen molar-refractivity contribution >= 4 is 24.2 Å². The fourth-order valence-electron chi connectivity index (χ4n) is 2.58. The van der Waals surface area contributed by atoms with E-state index in [-0.39, 0.29) is 11.0 Å². The molecule has 0 atom stereocenters. The number of nitriles is 1. The summed E-state index contributed by atoms with van der Waals surface area (Å²) in [4.78, 5) is 12.8. The molecule has 3 aromatic rings. The van der Waals surface area contributed by atoms with Crippen molar-refractivity contribution in [2.75, 3.05) is 0 Å². The second kappa shape index (κ2) is 6.52. The predicted molar refractivity (Wildman–Crippen MR) is 95.3 cm³/mol. The number of halogens is 1. The molecule has 0 radical (unpaired) electrons. The monoisotopic (exact) mass is 354 g/mol. The minimum absolute atomic E-state index is 0.0918. The van der Waals surface area contributed by atoms with Gasteiger partial charge in [-0.1, -0.05) is 17.7 Å². The van der Waals surface area contributed by atoms with Crippen molar-refractivity contribution in [3.8, 4) is 17.4 Å². The van der Waals surface area contributed by atoms with Gasteiger partial charge in [0.25, 0.3) is 11.1 Å². The molecule has 0 fully saturated rings. The van der Waals surface area contributed by atoms with Gasteiger partial charge in [-0.15, -0.1) is 12.6 Å². The lowest BCUT2D eigenvalue weighted by molar-refractivity contribution is -0.599. The predicted octanol–water partition coefficient (Wildman–Crippen LogP) is 3.24. The summed E-state index contributed by atoms with van der Waals surface area (Å²) in [6.45, 7) is 1.73. The van der Waals surface area contributed by atoms with Crippen molar-refractivity contribution in [1.82, 2.24) is 4.57 Å². The third kappa shape index (κ3) is 2.71. The van der Waals surface area contributed by atoms with Crippen LogP contribution in [-0.4, -0.2) is 4.57 Å². The van der Waals surface area contributed by atoms with Gasteiger partial charge in [-0.2, -0.15) is 9.83 Å². The molecular formula is C18H13ClN3OS+. The van der Waals surface area contributed by atoms with Crippen molar-refractivity contribution in [3.05, 3.63) is 81.4 Å². The lowest BCUT2D eigenvalue weighted by atomic mass is 10.1. The highest BCUT2D eigenvalue weighted by atomic mass is 35.5. The highest BCUT2D eigenvalue weighted by Gasteiger charge is 2.25. The molecule has 0 spiro atoms. The molecule has 0 saturated carbocycles. The number of benzene rings is 1. The molecule has 0 bridgehead atoms. The van der Waals surface area contributed by atoms with E-state index in [0.29, 0.717) is 21.4 Å². The number of thiol groups is 1. The third-order valence-corrected chi connectivity index (χ3v) is 4.40. The van der Waals surface area contributed by atoms with Crippen LogP contribution in [0.4, 0.5) is 0 Å². The SMILES string of the molecule is Cc1c(C#N)c(=O)c(-[n+]2ccccc2)c(S)n1-c1ccc(Cl)cc1. The van der Waals surface area contributed by atoms with Crippen molar-refractivity contribution in [2.45, 2.75) is 11.9 Å². The first-order valence-electron chi connectivity index (χ1n) is 7.16. The summed E-state index contributed by atoms with van der Waals surface area (Å²) in [5, 5.41) is 10.5. The maximum Gasteiger partial charge on any atom is 0.290 e. The van der Waals surface area contributed by atoms with Gasteiger partial charge in [0, 0.05) is 28.5 Å². The molecule has 0 amide bonds. The zero-order valence-electron chi connectivity index (χ0n) is 12.8. The summed E-state index contributed by atoms with van der Waals surface area (Å²) in [7, 11) is 0. The van der Waals surface area contributed by atoms with Crippen LogP contribution < -0.4 is 10.00 Å². The van der Waals surface area contributed by atoms with Gasteiger partial charge in [-0.3, -0.25) is 4.79 Å². The Morgan fingerprint density at radius 3 is 2.38 bits per heavy atom. The topological polar surface area (TPSA) is 49.7 Å². The molecule has 2 heterocycles. The average Bonchev–Trinajstić information content (AvgIpc) is 2.58. The fourth-order valence-corrected chi connectivity index (χ4v) is 3.19. The summed E-state index contributed by atoms with van der Waals surface area (Å²) < 4.78 is 3.44. The number of hydrogen-bond acceptors (Lipinski definition) is 3. The molecular weight excluding hydrogens is 342 g/mol. The molecule has 24 heavy (non-hydrogen) atoms. The molecule has 3 rings (SSSR count). The van der Waals surface area contributed by atoms with E-state index < -0.39 is 0 Å². The number of pyridine rings is 2. The van der Waals surface area contributed by atoms with E-state index in [4.69, 9.17) is 11.6 Å². The molecule has 1 aromatic carbocycles. The van der Waals surface area contributed by atoms with Gasteiger partial charge in [-0.25, -0.2) is 0 Å². The normalized spacial score (nSPS) is 10.4. The molecule has 6 heteroatoms. The van der Waals surface area contributed by atoms with E-state index in [9.17, 15) is 10.1 Å². The van der Waals surface area contributed by atoms with Crippen molar-refractivity contribution < 1.29 is 4.57 Å². The van der Waals surface area contributed by atoms with Crippen LogP contribution in [0.5, 0.6) is 0 Å². The Morgan fingerprint density at radius 1 is 1.17 bits per heavy atom. The fraction of sp³-hybridized carbons (Fsp3) is 0.0556. The first-order chi connectivity index (χ1) is 11.5. The van der Waals surface area contributed by atoms with Crippen molar-refractivity contribution in [2.24, 2.45) is 0 Å². The molecule has 0 aliphatic carbocycles. The van der Waals surface area contributed by atoms with E-state index in [0.717, 1.165) is 5.69 Å². The number of aromatic nitrogens is 2. The van der Waals surface area contributed by atoms with Crippen LogP contribution >= 0.6 is 24.2 Å². The van der Waals surface area contributed by atoms with E-state index in [1.807, 2.05) is 36.4 Å². The Kier molecular flexibility index (Phi) is 4.43. The van der Waals surface area contributed by atoms with Crippen molar-refractivity contribution in [3.63, 3.8) is 0 Å². The second-order valence-corrected chi connectivity index (χ2v) is 6.03. The van der Waals surface area contributed by atoms with Gasteiger partial charge in [0.15, 0.2) is 17.4 Å². The Bertz CT molecular complexity index is 1010. The second-order valence-electron chi connectivity index (χ2n) is 5.17. The van der Waals surface area contributed by atoms with E-state index in [1.165, 1.54) is 0 Å². The van der Waals surface area contributed by atoms with Crippen LogP contribution in [0, 0.1) is 18.3 Å². The van der Waals surface area contributed by atoms with Gasteiger partial charge in [0.05, 0.1) is 0 Å². The first kappa shape index (κ1) is 16.3. The van der Waals surface area contributed by atoms with Crippen LogP contribution in [-0.2, 0) is 0 Å². The molecule has 118 valence electrons. The molecule has 0 saturated heterocycles. The Morgan fingerprint density at radius 2 is 1.79 bits per heavy atom. The maximum atomic E-state index is 12.8. The average molecular weight is 355 g/mol. The van der Waals surface area contributed by atoms with E-state index in [1.54, 1.807) is 40.6 Å². The van der Waals surface area contributed by atoms with Gasteiger partial charge in [0.1, 0.15) is 11.6 Å². The largest absolute Gasteiger partial charge is 0.302 e. The maximum absolute atomic E-state index is 12.8. The first-order valence-corrected chi connectivity index (χ1v) is 7.98. The van der Waals surface area contributed by atoms with Gasteiger partial charge < -0.3 is 4.57 Å². The van der Waals surface area contributed by atoms with Crippen LogP contribution in [0.1, 0.15) is 11.3 Å². The molecule has 4 nitrogen and oxygen atoms in total. The van der Waals surface area contributed by atoms with Gasteiger partial charge in [-0.05, 0) is 31.2 Å². The van der Waals surface area contributed by atoms with Crippen LogP contribution in [0.3, 0.4) is 0 Å². The Balaban J connectivity index is 2.41. The standard InChI is InChI=1S/C18H12ClN3OS/c1-12-15(11-20)17(23)16(21-9-3-2-4-10-21)18(24)22(12)14-7-5-13(19)6-8-14/h2-10H,1H3/p+1. The lowest BCUT2D eigenvalue weighted by Gasteiger charge is -2.16. The Labute approximate surface area is 149 Å². The minimum Gasteiger partial charge on any atom is -0.302 e. The summed E-state index contributed by atoms with van der Waals surface area (Å²) >= 11 is 10.5. The van der Waals surface area contributed by atoms with Crippen LogP contribution in [0.2, 0.25) is 5.02 Å². The zero-order valence-corrected chi connectivity index (χ0v) is 14.4. The minimum atomic E-state index is -0.346. The molecule has 2 aromatic heterocycles. The molecule has 0 N–H and O–H groups in total. The smallest absolute Gasteiger partial charge is 0.290 e. The van der Waals surface area contributed by atoms with Crippen molar-refractivity contribution in [1.29, 1.82) is 5.26 Å². The van der Waals surface area contributed by atoms with E-state index >= 15 is 0 Å². The molecule has 0 aliphatic heterocycles. The molecule has 0 aliphatic rings. The number of nitrogens with zero attached hydrogens (tertiary/aromatic N) is 3. The number of hydrogen-bond donors (Lipinski definition) is 1. The zero-order chi connectivity index (χ0) is 17.3. The summed E-state index contributed by atoms with van der Waals surface area (Å²) in [5.74, 6) is 0. The van der Waals surface area contributed by atoms with Gasteiger partial charge >= 0.3 is 0 Å². The van der Waals surface area contributed by atoms with Crippen LogP contribution in [0.25, 0.3) is 11.4 Å². The lowest BCUT2D eigenvalue weighted by Crippen LogP contribution is -2.39. The summed E-state index contributed by atoms with van der Waals surface area (Å²) in [6.07, 6.45) is 3.50. The van der Waals surface area contributed by atoms with E-state index in [2.05, 4.69) is 12.6 Å². The van der Waals surface area contributed by atoms with Crippen LogP contribution in [0.15, 0.2) is 64.7 Å². The molecule has 0 unspecified atom stereocenters. The Hall–Kier alpha value is -2.55. The third-order valence-electron chi connectivity index (χ3n) is 3.73.